The van der Waals surface area contributed by atoms with Gasteiger partial charge in [0.15, 0.2) is 6.10 Å². The summed E-state index contributed by atoms with van der Waals surface area (Å²) in [6.07, 6.45) is 87.9. The third kappa shape index (κ3) is 58.2. The average Bonchev–Trinajstić information content (AvgIpc) is 3.40. The van der Waals surface area contributed by atoms with E-state index in [0.29, 0.717) is 12.8 Å². The van der Waals surface area contributed by atoms with Crippen LogP contribution >= 0.6 is 7.82 Å². The van der Waals surface area contributed by atoms with Crippen LogP contribution in [0, 0.1) is 0 Å². The first-order valence-corrected chi connectivity index (χ1v) is 29.8. The molecule has 0 heterocycles. The van der Waals surface area contributed by atoms with Crippen LogP contribution in [0.25, 0.3) is 0 Å². The Hall–Kier alpha value is -4.89. The van der Waals surface area contributed by atoms with Crippen molar-refractivity contribution < 1.29 is 37.6 Å². The SMILES string of the molecule is CC/C=C\C/C=C\C/C=C\C/C=C\C/C=C\C/C=C\C/C=C\C/C=C\CCCCCCC(=O)OC(COC(=O)CCCCC/C=C\C/C=C\C/C=C\C/C=C\C/C=C\C/C=C\C/C=C\CC)COP(=O)(O)OCCN. The first-order chi connectivity index (χ1) is 36.8. The monoisotopic (exact) mass is 1050 g/mol. The van der Waals surface area contributed by atoms with Gasteiger partial charge in [0.05, 0.1) is 13.2 Å². The highest BCUT2D eigenvalue weighted by atomic mass is 31.2. The lowest BCUT2D eigenvalue weighted by Crippen LogP contribution is -2.29. The Morgan fingerprint density at radius 1 is 0.400 bits per heavy atom. The molecular formula is C65H100NO8P. The summed E-state index contributed by atoms with van der Waals surface area (Å²) >= 11 is 0. The van der Waals surface area contributed by atoms with Crippen molar-refractivity contribution >= 4 is 19.8 Å². The lowest BCUT2D eigenvalue weighted by molar-refractivity contribution is -0.161. The van der Waals surface area contributed by atoms with Gasteiger partial charge in [0.25, 0.3) is 0 Å². The molecule has 0 saturated heterocycles. The fourth-order valence-corrected chi connectivity index (χ4v) is 7.45. The number of hydrogen-bond acceptors (Lipinski definition) is 8. The first kappa shape index (κ1) is 70.1. The number of allylic oxidation sites excluding steroid dienone is 30. The number of nitrogens with two attached hydrogens (primary N) is 1. The van der Waals surface area contributed by atoms with Crippen molar-refractivity contribution in [3.8, 4) is 0 Å². The molecule has 0 saturated carbocycles. The van der Waals surface area contributed by atoms with Crippen LogP contribution in [0.15, 0.2) is 182 Å². The van der Waals surface area contributed by atoms with Crippen LogP contribution in [-0.4, -0.2) is 49.3 Å². The van der Waals surface area contributed by atoms with Crippen molar-refractivity contribution in [3.63, 3.8) is 0 Å². The zero-order valence-electron chi connectivity index (χ0n) is 46.4. The Labute approximate surface area is 456 Å². The van der Waals surface area contributed by atoms with Gasteiger partial charge in [0.2, 0.25) is 0 Å². The Bertz CT molecular complexity index is 1870. The third-order valence-electron chi connectivity index (χ3n) is 10.8. The van der Waals surface area contributed by atoms with Crippen LogP contribution in [-0.2, 0) is 32.7 Å². The molecule has 10 heteroatoms. The molecule has 0 aliphatic heterocycles. The van der Waals surface area contributed by atoms with E-state index in [1.165, 1.54) is 0 Å². The molecule has 0 radical (unpaired) electrons. The first-order valence-electron chi connectivity index (χ1n) is 28.3. The fraction of sp³-hybridized carbons (Fsp3) is 0.508. The number of carbonyl (C=O) groups excluding carboxylic acids is 2. The molecule has 0 aromatic heterocycles. The minimum absolute atomic E-state index is 0.0322. The number of carbonyl (C=O) groups is 2. The van der Waals surface area contributed by atoms with Crippen molar-refractivity contribution in [1.82, 2.24) is 0 Å². The number of unbranched alkanes of at least 4 members (excludes halogenated alkanes) is 7. The van der Waals surface area contributed by atoms with Gasteiger partial charge in [-0.25, -0.2) is 4.57 Å². The summed E-state index contributed by atoms with van der Waals surface area (Å²) in [5, 5.41) is 0. The normalized spacial score (nSPS) is 14.5. The summed E-state index contributed by atoms with van der Waals surface area (Å²) in [6, 6.07) is 0. The van der Waals surface area contributed by atoms with Crippen molar-refractivity contribution in [3.05, 3.63) is 182 Å². The molecule has 0 aliphatic rings. The van der Waals surface area contributed by atoms with Crippen LogP contribution in [0.5, 0.6) is 0 Å². The van der Waals surface area contributed by atoms with Crippen molar-refractivity contribution in [2.75, 3.05) is 26.4 Å². The average molecular weight is 1050 g/mol. The number of rotatable bonds is 50. The van der Waals surface area contributed by atoms with E-state index in [1.807, 2.05) is 0 Å². The van der Waals surface area contributed by atoms with Crippen LogP contribution in [0.1, 0.15) is 181 Å². The van der Waals surface area contributed by atoms with Gasteiger partial charge in [-0.1, -0.05) is 215 Å². The Kier molecular flexibility index (Phi) is 54.6. The van der Waals surface area contributed by atoms with Gasteiger partial charge in [-0.3, -0.25) is 18.6 Å². The quantitative estimate of drug-likeness (QED) is 0.0264. The Morgan fingerprint density at radius 3 is 1.03 bits per heavy atom. The lowest BCUT2D eigenvalue weighted by Gasteiger charge is -2.19. The van der Waals surface area contributed by atoms with Gasteiger partial charge in [0, 0.05) is 19.4 Å². The number of ether oxygens (including phenoxy) is 2. The van der Waals surface area contributed by atoms with E-state index in [2.05, 4.69) is 196 Å². The number of phosphoric acid groups is 1. The zero-order valence-corrected chi connectivity index (χ0v) is 47.3. The van der Waals surface area contributed by atoms with Crippen molar-refractivity contribution in [2.24, 2.45) is 5.73 Å². The highest BCUT2D eigenvalue weighted by molar-refractivity contribution is 7.47. The molecular weight excluding hydrogens is 954 g/mol. The lowest BCUT2D eigenvalue weighted by atomic mass is 10.1. The van der Waals surface area contributed by atoms with Crippen LogP contribution in [0.3, 0.4) is 0 Å². The van der Waals surface area contributed by atoms with Gasteiger partial charge in [-0.15, -0.1) is 0 Å². The van der Waals surface area contributed by atoms with E-state index in [4.69, 9.17) is 24.3 Å². The van der Waals surface area contributed by atoms with E-state index in [0.717, 1.165) is 141 Å². The molecule has 418 valence electrons. The van der Waals surface area contributed by atoms with Crippen LogP contribution in [0.4, 0.5) is 0 Å². The largest absolute Gasteiger partial charge is 0.472 e. The van der Waals surface area contributed by atoms with Crippen molar-refractivity contribution in [1.29, 1.82) is 0 Å². The minimum atomic E-state index is -4.42. The zero-order chi connectivity index (χ0) is 54.5. The maximum atomic E-state index is 12.7. The smallest absolute Gasteiger partial charge is 0.462 e. The Morgan fingerprint density at radius 2 is 0.693 bits per heavy atom. The molecule has 2 unspecified atom stereocenters. The number of esters is 2. The summed E-state index contributed by atoms with van der Waals surface area (Å²) in [4.78, 5) is 35.2. The van der Waals surface area contributed by atoms with E-state index in [9.17, 15) is 19.0 Å². The van der Waals surface area contributed by atoms with E-state index >= 15 is 0 Å². The van der Waals surface area contributed by atoms with Crippen LogP contribution in [0.2, 0.25) is 0 Å². The minimum Gasteiger partial charge on any atom is -0.462 e. The predicted molar refractivity (Wildman–Crippen MR) is 320 cm³/mol. The molecule has 0 aromatic rings. The summed E-state index contributed by atoms with van der Waals surface area (Å²) in [5.41, 5.74) is 5.37. The molecule has 0 aromatic carbocycles. The summed E-state index contributed by atoms with van der Waals surface area (Å²) < 4.78 is 32.9. The second-order valence-corrected chi connectivity index (χ2v) is 19.1. The van der Waals surface area contributed by atoms with Gasteiger partial charge in [-0.05, 0) is 135 Å². The summed E-state index contributed by atoms with van der Waals surface area (Å²) in [7, 11) is -4.42. The summed E-state index contributed by atoms with van der Waals surface area (Å²) in [5.74, 6) is -0.915. The van der Waals surface area contributed by atoms with Gasteiger partial charge in [0.1, 0.15) is 6.61 Å². The van der Waals surface area contributed by atoms with E-state index in [-0.39, 0.29) is 32.6 Å². The van der Waals surface area contributed by atoms with Crippen LogP contribution < -0.4 is 5.73 Å². The van der Waals surface area contributed by atoms with Crippen molar-refractivity contribution in [2.45, 2.75) is 187 Å². The molecule has 0 spiro atoms. The molecule has 0 rings (SSSR count). The molecule has 0 fully saturated rings. The van der Waals surface area contributed by atoms with Gasteiger partial charge < -0.3 is 20.1 Å². The molecule has 0 bridgehead atoms. The third-order valence-corrected chi connectivity index (χ3v) is 11.8. The topological polar surface area (TPSA) is 134 Å². The Balaban J connectivity index is 4.21. The number of hydrogen-bond donors (Lipinski definition) is 2. The van der Waals surface area contributed by atoms with E-state index in [1.54, 1.807) is 0 Å². The molecule has 3 N–H and O–H groups in total. The maximum absolute atomic E-state index is 12.7. The molecule has 75 heavy (non-hydrogen) atoms. The fourth-order valence-electron chi connectivity index (χ4n) is 6.69. The second kappa shape index (κ2) is 58.4. The number of phosphoric ester groups is 1. The summed E-state index contributed by atoms with van der Waals surface area (Å²) in [6.45, 7) is 3.40. The van der Waals surface area contributed by atoms with Gasteiger partial charge in [-0.2, -0.15) is 0 Å². The standard InChI is InChI=1S/C65H100NO8P/c1-3-5-7-9-11-13-15-17-19-21-23-25-27-29-30-31-32-34-36-38-40-42-44-46-48-50-52-54-56-58-65(68)74-63(62-73-75(69,70)72-60-59-66)61-71-64(67)57-55-53-51-49-47-45-43-41-39-37-35-33-28-26-24-22-20-18-16-14-12-10-8-6-4-2/h5-8,11-14,17-20,23-26,29-30,32-35,38-41,44-47,63H,3-4,9-10,15-16,21-22,27-28,31,36-37,42-43,48-62,66H2,1-2H3,(H,69,70)/b7-5-,8-6-,13-11-,14-12-,19-17-,20-18-,25-23-,26-24-,30-29-,34-32-,35-33-,40-38-,41-39-,46-44-,47-45-. The second-order valence-electron chi connectivity index (χ2n) is 17.7. The maximum Gasteiger partial charge on any atom is 0.472 e. The highest BCUT2D eigenvalue weighted by Crippen LogP contribution is 2.43. The molecule has 0 aliphatic carbocycles. The molecule has 0 amide bonds. The molecule has 2 atom stereocenters. The van der Waals surface area contributed by atoms with E-state index < -0.39 is 32.5 Å². The molecule has 9 nitrogen and oxygen atoms in total. The highest BCUT2D eigenvalue weighted by Gasteiger charge is 2.26. The van der Waals surface area contributed by atoms with Gasteiger partial charge >= 0.3 is 19.8 Å². The predicted octanol–water partition coefficient (Wildman–Crippen LogP) is 18.1.